The summed E-state index contributed by atoms with van der Waals surface area (Å²) in [6.07, 6.45) is 0. The van der Waals surface area contributed by atoms with Gasteiger partial charge < -0.3 is 9.97 Å². The summed E-state index contributed by atoms with van der Waals surface area (Å²) in [6, 6.07) is 126. The van der Waals surface area contributed by atoms with Crippen LogP contribution in [0.25, 0.3) is 305 Å². The van der Waals surface area contributed by atoms with E-state index in [-0.39, 0.29) is 0 Å². The highest BCUT2D eigenvalue weighted by atomic mass is 15.1. The number of aromatic amines is 2. The zero-order chi connectivity index (χ0) is 77.6. The van der Waals surface area contributed by atoms with Crippen LogP contribution in [0.3, 0.4) is 0 Å². The Hall–Kier alpha value is -16.2. The average Bonchev–Trinajstić information content (AvgIpc) is 1.27. The maximum absolute atomic E-state index is 6.00. The number of H-pyrrole nitrogens is 2. The van der Waals surface area contributed by atoms with Gasteiger partial charge in [0.2, 0.25) is 0 Å². The van der Waals surface area contributed by atoms with Gasteiger partial charge in [0, 0.05) is 43.8 Å². The molecule has 2 aliphatic rings. The zero-order valence-electron chi connectivity index (χ0n) is 64.0. The Balaban J connectivity index is 0.815. The summed E-state index contributed by atoms with van der Waals surface area (Å²) in [6.45, 7) is 0. The van der Waals surface area contributed by atoms with E-state index >= 15 is 0 Å². The number of nitrogens with zero attached hydrogens (tertiary/aromatic N) is 6. The SMILES string of the molecule is c1ccc2c(c1)ccc1c3cc4c(cc3c3ccc5ccccc5c3c21)-c1nc-4nc2[nH]c(nc3nc(nc4[nH]c(n1)c1cc5c(cc41)c1ccc4ccccc4c1c1c4ccccc4ccc51)-c1cc4c(cc1-3)c1ccc3ccccc3c1c1c3ccccc3ccc41)c1cc3c(cc21)c1ccc2ccccc2c1c1c2ccccc2ccc31. The largest absolute Gasteiger partial charge is 0.324 e. The third kappa shape index (κ3) is 8.37. The van der Waals surface area contributed by atoms with Gasteiger partial charge in [0.25, 0.3) is 0 Å². The van der Waals surface area contributed by atoms with Gasteiger partial charge >= 0.3 is 0 Å². The van der Waals surface area contributed by atoms with Gasteiger partial charge in [-0.15, -0.1) is 0 Å². The second-order valence-corrected chi connectivity index (χ2v) is 33.1. The van der Waals surface area contributed by atoms with E-state index in [0.717, 1.165) is 130 Å². The second-order valence-electron chi connectivity index (χ2n) is 33.1. The molecule has 0 saturated carbocycles. The Labute approximate surface area is 680 Å². The third-order valence-electron chi connectivity index (χ3n) is 27.1. The Morgan fingerprint density at radius 3 is 0.458 bits per heavy atom. The molecule has 24 aromatic carbocycles. The number of hydrogen-bond donors (Lipinski definition) is 2. The fourth-order valence-electron chi connectivity index (χ4n) is 21.9. The van der Waals surface area contributed by atoms with Crippen molar-refractivity contribution in [1.82, 2.24) is 39.9 Å². The molecule has 0 unspecified atom stereocenters. The quantitative estimate of drug-likeness (QED) is 0.146. The summed E-state index contributed by atoms with van der Waals surface area (Å²) in [4.78, 5) is 43.7. The predicted octanol–water partition coefficient (Wildman–Crippen LogP) is 29.9. The molecule has 546 valence electrons. The fourth-order valence-corrected chi connectivity index (χ4v) is 21.9. The Morgan fingerprint density at radius 2 is 0.283 bits per heavy atom. The van der Waals surface area contributed by atoms with Crippen molar-refractivity contribution in [1.29, 1.82) is 0 Å². The molecule has 8 nitrogen and oxygen atoms in total. The molecule has 0 atom stereocenters. The van der Waals surface area contributed by atoms with Gasteiger partial charge in [-0.3, -0.25) is 0 Å². The molecule has 0 aliphatic carbocycles. The molecule has 0 radical (unpaired) electrons. The van der Waals surface area contributed by atoms with Gasteiger partial charge in [-0.2, -0.15) is 0 Å². The highest BCUT2D eigenvalue weighted by Crippen LogP contribution is 2.53. The Kier molecular flexibility index (Phi) is 12.1. The van der Waals surface area contributed by atoms with Crippen molar-refractivity contribution in [3.05, 3.63) is 340 Å². The van der Waals surface area contributed by atoms with Gasteiger partial charge in [-0.25, -0.2) is 29.9 Å². The van der Waals surface area contributed by atoms with E-state index in [4.69, 9.17) is 29.9 Å². The van der Waals surface area contributed by atoms with Crippen LogP contribution in [0.5, 0.6) is 0 Å². The maximum atomic E-state index is 6.00. The first-order valence-electron chi connectivity index (χ1n) is 41.2. The first-order valence-corrected chi connectivity index (χ1v) is 41.2. The van der Waals surface area contributed by atoms with Gasteiger partial charge in [-0.05, 0) is 264 Å². The number of rotatable bonds is 0. The van der Waals surface area contributed by atoms with Crippen LogP contribution >= 0.6 is 0 Å². The molecular weight excluding hydrogens is 1460 g/mol. The molecule has 0 amide bonds. The lowest BCUT2D eigenvalue weighted by molar-refractivity contribution is 1.19. The standard InChI is InChI=1S/C112H58N8/c1-9-25-65-57(17-1)33-41-73-81-49-89-90(50-82(81)74-42-34-58-18-2-10-26-66(58)98(74)97(65)73)106-113-105(89)117-107-91-51-83-75-43-35-59-19-3-11-27-67(59)99(75)100-68-28-12-4-20-60(68)36-44-76(100)84(83)52-92(91)109(114-107)119-111-95-55-87-79-47-39-63-23-7-15-31-71(63)103(79)104-72-32-16-8-24-64(72)40-48-80(104)88(87)56-96(95)112(116-111)120-110-94-54-86-78-46-38-62-22-6-14-30-70(62)102(78)101-69-29-13-5-21-61(69)37-45-77(101)85(86)53-93(94)108(115-110)118-106/h1-56H,(H2,113,114,115,116,117,118,119,120). The van der Waals surface area contributed by atoms with Crippen LogP contribution in [0.1, 0.15) is 0 Å². The highest BCUT2D eigenvalue weighted by molar-refractivity contribution is 6.42. The number of fused-ring (bicyclic) bond motifs is 60. The fraction of sp³-hybridized carbons (Fsp3) is 0. The van der Waals surface area contributed by atoms with E-state index in [1.54, 1.807) is 0 Å². The van der Waals surface area contributed by atoms with Crippen LogP contribution in [0.15, 0.2) is 340 Å². The number of hydrogen-bond acceptors (Lipinski definition) is 6. The van der Waals surface area contributed by atoms with E-state index in [1.165, 1.54) is 129 Å². The van der Waals surface area contributed by atoms with E-state index < -0.39 is 0 Å². The summed E-state index contributed by atoms with van der Waals surface area (Å²) < 4.78 is 0. The molecule has 0 spiro atoms. The molecular formula is C112H58N8. The van der Waals surface area contributed by atoms with E-state index in [1.807, 2.05) is 0 Å². The van der Waals surface area contributed by atoms with Gasteiger partial charge in [-0.1, -0.05) is 291 Å². The van der Waals surface area contributed by atoms with Crippen LogP contribution in [-0.4, -0.2) is 39.9 Å². The van der Waals surface area contributed by atoms with Crippen LogP contribution < -0.4 is 0 Å². The number of aromatic nitrogens is 8. The zero-order valence-corrected chi connectivity index (χ0v) is 64.0. The molecule has 8 heteroatoms. The lowest BCUT2D eigenvalue weighted by atomic mass is 9.87. The molecule has 8 bridgehead atoms. The molecule has 2 aliphatic heterocycles. The molecule has 3 aromatic heterocycles. The van der Waals surface area contributed by atoms with Crippen molar-refractivity contribution in [2.75, 3.05) is 0 Å². The van der Waals surface area contributed by atoms with E-state index in [2.05, 4.69) is 350 Å². The van der Waals surface area contributed by atoms with Crippen molar-refractivity contribution in [3.63, 3.8) is 0 Å². The van der Waals surface area contributed by atoms with Gasteiger partial charge in [0.15, 0.2) is 23.3 Å². The number of nitrogens with one attached hydrogen (secondary N) is 2. The molecule has 5 heterocycles. The highest BCUT2D eigenvalue weighted by Gasteiger charge is 2.29. The molecule has 120 heavy (non-hydrogen) atoms. The summed E-state index contributed by atoms with van der Waals surface area (Å²) in [7, 11) is 0. The Morgan fingerprint density at radius 1 is 0.125 bits per heavy atom. The minimum Gasteiger partial charge on any atom is -0.324 e. The minimum absolute atomic E-state index is 0.522. The summed E-state index contributed by atoms with van der Waals surface area (Å²) >= 11 is 0. The smallest absolute Gasteiger partial charge is 0.164 e. The molecule has 2 N–H and O–H groups in total. The van der Waals surface area contributed by atoms with Crippen molar-refractivity contribution >= 4 is 260 Å². The van der Waals surface area contributed by atoms with Crippen molar-refractivity contribution in [3.8, 4) is 45.6 Å². The topological polar surface area (TPSA) is 109 Å². The summed E-state index contributed by atoms with van der Waals surface area (Å²) in [5.41, 5.74) is 5.88. The second kappa shape index (κ2) is 22.9. The van der Waals surface area contributed by atoms with E-state index in [9.17, 15) is 0 Å². The lowest BCUT2D eigenvalue weighted by Gasteiger charge is -2.16. The minimum atomic E-state index is 0.522. The Bertz CT molecular complexity index is 8730. The number of benzene rings is 24. The van der Waals surface area contributed by atoms with Gasteiger partial charge in [0.1, 0.15) is 22.6 Å². The van der Waals surface area contributed by atoms with Crippen LogP contribution in [0.2, 0.25) is 0 Å². The van der Waals surface area contributed by atoms with Crippen LogP contribution in [0.4, 0.5) is 0 Å². The first-order chi connectivity index (χ1) is 59.5. The van der Waals surface area contributed by atoms with Crippen molar-refractivity contribution in [2.24, 2.45) is 0 Å². The first kappa shape index (κ1) is 63.2. The predicted molar refractivity (Wildman–Crippen MR) is 506 cm³/mol. The lowest BCUT2D eigenvalue weighted by Crippen LogP contribution is -1.90. The average molecular weight is 1520 g/mol. The van der Waals surface area contributed by atoms with Crippen LogP contribution in [-0.2, 0) is 0 Å². The van der Waals surface area contributed by atoms with Gasteiger partial charge in [0.05, 0.1) is 0 Å². The van der Waals surface area contributed by atoms with Crippen molar-refractivity contribution < 1.29 is 0 Å². The van der Waals surface area contributed by atoms with Crippen molar-refractivity contribution in [2.45, 2.75) is 0 Å². The monoisotopic (exact) mass is 1510 g/mol. The third-order valence-corrected chi connectivity index (χ3v) is 27.1. The van der Waals surface area contributed by atoms with Crippen LogP contribution in [0, 0.1) is 0 Å². The molecule has 0 fully saturated rings. The maximum Gasteiger partial charge on any atom is 0.164 e. The summed E-state index contributed by atoms with van der Waals surface area (Å²) in [5.74, 6) is 2.09. The molecule has 27 aromatic rings. The molecule has 0 saturated heterocycles. The van der Waals surface area contributed by atoms with E-state index in [0.29, 0.717) is 45.9 Å². The normalized spacial score (nSPS) is 12.7. The summed E-state index contributed by atoms with van der Waals surface area (Å²) in [5, 5.41) is 50.4. The molecule has 29 rings (SSSR count).